The minimum absolute atomic E-state index is 0.146. The van der Waals surface area contributed by atoms with Crippen molar-refractivity contribution in [2.45, 2.75) is 26.3 Å². The molecule has 5 heteroatoms. The standard InChI is InChI=1S/C14H16FN3O/c1-9-2-4-12(15)11(6-9)14-17-16-13-5-3-10(8-19)7-18(13)14/h2,4,6,10,19H,3,5,7-8H2,1H3. The Bertz CT molecular complexity index is 609. The normalized spacial score (nSPS) is 18.4. The smallest absolute Gasteiger partial charge is 0.166 e. The van der Waals surface area contributed by atoms with Gasteiger partial charge in [0.1, 0.15) is 11.6 Å². The molecule has 1 N–H and O–H groups in total. The lowest BCUT2D eigenvalue weighted by Crippen LogP contribution is -2.23. The summed E-state index contributed by atoms with van der Waals surface area (Å²) in [6, 6.07) is 4.98. The Balaban J connectivity index is 2.07. The van der Waals surface area contributed by atoms with E-state index in [1.165, 1.54) is 6.07 Å². The van der Waals surface area contributed by atoms with Gasteiger partial charge < -0.3 is 9.67 Å². The van der Waals surface area contributed by atoms with Gasteiger partial charge in [-0.3, -0.25) is 0 Å². The van der Waals surface area contributed by atoms with Crippen LogP contribution in [0, 0.1) is 18.7 Å². The summed E-state index contributed by atoms with van der Waals surface area (Å²) in [7, 11) is 0. The average Bonchev–Trinajstić information content (AvgIpc) is 2.84. The second-order valence-electron chi connectivity index (χ2n) is 5.12. The second-order valence-corrected chi connectivity index (χ2v) is 5.12. The fraction of sp³-hybridized carbons (Fsp3) is 0.429. The fourth-order valence-corrected chi connectivity index (χ4v) is 2.55. The van der Waals surface area contributed by atoms with Gasteiger partial charge in [0.25, 0.3) is 0 Å². The Morgan fingerprint density at radius 1 is 1.42 bits per heavy atom. The van der Waals surface area contributed by atoms with Gasteiger partial charge in [0.15, 0.2) is 5.82 Å². The van der Waals surface area contributed by atoms with Crippen molar-refractivity contribution in [3.8, 4) is 11.4 Å². The van der Waals surface area contributed by atoms with E-state index in [4.69, 9.17) is 0 Å². The summed E-state index contributed by atoms with van der Waals surface area (Å²) in [5.74, 6) is 1.36. The number of halogens is 1. The van der Waals surface area contributed by atoms with Crippen LogP contribution in [0.1, 0.15) is 17.8 Å². The quantitative estimate of drug-likeness (QED) is 0.899. The molecule has 0 amide bonds. The number of nitrogens with zero attached hydrogens (tertiary/aromatic N) is 3. The summed E-state index contributed by atoms with van der Waals surface area (Å²) >= 11 is 0. The summed E-state index contributed by atoms with van der Waals surface area (Å²) in [4.78, 5) is 0. The van der Waals surface area contributed by atoms with Gasteiger partial charge in [0.05, 0.1) is 5.56 Å². The first kappa shape index (κ1) is 12.3. The molecule has 1 aromatic heterocycles. The molecule has 0 saturated carbocycles. The lowest BCUT2D eigenvalue weighted by atomic mass is 10.00. The first-order valence-electron chi connectivity index (χ1n) is 6.48. The third-order valence-corrected chi connectivity index (χ3v) is 3.67. The predicted molar refractivity (Wildman–Crippen MR) is 69.0 cm³/mol. The van der Waals surface area contributed by atoms with Crippen LogP contribution in [-0.4, -0.2) is 26.5 Å². The van der Waals surface area contributed by atoms with Gasteiger partial charge in [-0.25, -0.2) is 4.39 Å². The Morgan fingerprint density at radius 2 is 2.26 bits per heavy atom. The number of aliphatic hydroxyl groups is 1. The van der Waals surface area contributed by atoms with Crippen LogP contribution in [-0.2, 0) is 13.0 Å². The van der Waals surface area contributed by atoms with Gasteiger partial charge in [-0.1, -0.05) is 11.6 Å². The number of benzene rings is 1. The van der Waals surface area contributed by atoms with Crippen molar-refractivity contribution in [2.24, 2.45) is 5.92 Å². The summed E-state index contributed by atoms with van der Waals surface area (Å²) in [6.45, 7) is 2.72. The minimum Gasteiger partial charge on any atom is -0.396 e. The third kappa shape index (κ3) is 2.14. The molecule has 1 aromatic carbocycles. The first-order chi connectivity index (χ1) is 9.19. The van der Waals surface area contributed by atoms with Gasteiger partial charge in [-0.15, -0.1) is 10.2 Å². The maximum atomic E-state index is 14.0. The molecular weight excluding hydrogens is 245 g/mol. The van der Waals surface area contributed by atoms with Crippen LogP contribution in [0.25, 0.3) is 11.4 Å². The number of aromatic nitrogens is 3. The minimum atomic E-state index is -0.285. The van der Waals surface area contributed by atoms with Gasteiger partial charge >= 0.3 is 0 Å². The number of rotatable bonds is 2. The molecule has 0 spiro atoms. The Hall–Kier alpha value is -1.75. The van der Waals surface area contributed by atoms with Crippen LogP contribution >= 0.6 is 0 Å². The highest BCUT2D eigenvalue weighted by Crippen LogP contribution is 2.27. The molecule has 0 aliphatic carbocycles. The van der Waals surface area contributed by atoms with Crippen molar-refractivity contribution >= 4 is 0 Å². The maximum absolute atomic E-state index is 14.0. The zero-order valence-corrected chi connectivity index (χ0v) is 10.8. The van der Waals surface area contributed by atoms with E-state index < -0.39 is 0 Å². The van der Waals surface area contributed by atoms with Crippen molar-refractivity contribution in [3.05, 3.63) is 35.4 Å². The van der Waals surface area contributed by atoms with Crippen molar-refractivity contribution in [2.75, 3.05) is 6.61 Å². The Morgan fingerprint density at radius 3 is 3.05 bits per heavy atom. The van der Waals surface area contributed by atoms with E-state index in [1.807, 2.05) is 11.5 Å². The van der Waals surface area contributed by atoms with E-state index in [1.54, 1.807) is 12.1 Å². The summed E-state index contributed by atoms with van der Waals surface area (Å²) in [5.41, 5.74) is 1.47. The van der Waals surface area contributed by atoms with Gasteiger partial charge in [-0.05, 0) is 25.5 Å². The lowest BCUT2D eigenvalue weighted by Gasteiger charge is -2.22. The van der Waals surface area contributed by atoms with E-state index in [2.05, 4.69) is 10.2 Å². The number of aliphatic hydroxyl groups excluding tert-OH is 1. The Kier molecular flexibility index (Phi) is 3.06. The molecule has 0 radical (unpaired) electrons. The number of hydrogen-bond donors (Lipinski definition) is 1. The molecule has 100 valence electrons. The second kappa shape index (κ2) is 4.74. The molecular formula is C14H16FN3O. The lowest BCUT2D eigenvalue weighted by molar-refractivity contribution is 0.191. The van der Waals surface area contributed by atoms with E-state index in [0.717, 1.165) is 24.2 Å². The van der Waals surface area contributed by atoms with Crippen molar-refractivity contribution < 1.29 is 9.50 Å². The predicted octanol–water partition coefficient (Wildman–Crippen LogP) is 1.95. The van der Waals surface area contributed by atoms with E-state index >= 15 is 0 Å². The molecule has 19 heavy (non-hydrogen) atoms. The average molecular weight is 261 g/mol. The molecule has 0 saturated heterocycles. The monoisotopic (exact) mass is 261 g/mol. The Labute approximate surface area is 110 Å². The van der Waals surface area contributed by atoms with Gasteiger partial charge in [0, 0.05) is 25.5 Å². The van der Waals surface area contributed by atoms with E-state index in [-0.39, 0.29) is 18.3 Å². The van der Waals surface area contributed by atoms with Crippen LogP contribution < -0.4 is 0 Å². The van der Waals surface area contributed by atoms with Crippen LogP contribution in [0.4, 0.5) is 4.39 Å². The third-order valence-electron chi connectivity index (χ3n) is 3.67. The van der Waals surface area contributed by atoms with Crippen LogP contribution in [0.5, 0.6) is 0 Å². The van der Waals surface area contributed by atoms with Gasteiger partial charge in [0.2, 0.25) is 0 Å². The highest BCUT2D eigenvalue weighted by molar-refractivity contribution is 5.57. The zero-order chi connectivity index (χ0) is 13.4. The van der Waals surface area contributed by atoms with Crippen LogP contribution in [0.3, 0.4) is 0 Å². The molecule has 1 unspecified atom stereocenters. The zero-order valence-electron chi connectivity index (χ0n) is 10.8. The van der Waals surface area contributed by atoms with Crippen molar-refractivity contribution in [3.63, 3.8) is 0 Å². The summed E-state index contributed by atoms with van der Waals surface area (Å²) < 4.78 is 15.9. The topological polar surface area (TPSA) is 50.9 Å². The first-order valence-corrected chi connectivity index (χ1v) is 6.48. The molecule has 4 nitrogen and oxygen atoms in total. The molecule has 1 aliphatic rings. The maximum Gasteiger partial charge on any atom is 0.166 e. The van der Waals surface area contributed by atoms with Crippen LogP contribution in [0.15, 0.2) is 18.2 Å². The fourth-order valence-electron chi connectivity index (χ4n) is 2.55. The van der Waals surface area contributed by atoms with E-state index in [0.29, 0.717) is 17.9 Å². The van der Waals surface area contributed by atoms with E-state index in [9.17, 15) is 9.50 Å². The molecule has 0 fully saturated rings. The highest BCUT2D eigenvalue weighted by atomic mass is 19.1. The molecule has 1 aliphatic heterocycles. The SMILES string of the molecule is Cc1ccc(F)c(-c2nnc3n2CC(CO)CC3)c1. The summed E-state index contributed by atoms with van der Waals surface area (Å²) in [6.07, 6.45) is 1.69. The molecule has 2 aromatic rings. The number of fused-ring (bicyclic) bond motifs is 1. The highest BCUT2D eigenvalue weighted by Gasteiger charge is 2.24. The van der Waals surface area contributed by atoms with Crippen LogP contribution in [0.2, 0.25) is 0 Å². The number of aryl methyl sites for hydroxylation is 2. The largest absolute Gasteiger partial charge is 0.396 e. The van der Waals surface area contributed by atoms with Crippen molar-refractivity contribution in [1.29, 1.82) is 0 Å². The number of hydrogen-bond acceptors (Lipinski definition) is 3. The molecule has 3 rings (SSSR count). The van der Waals surface area contributed by atoms with Gasteiger partial charge in [-0.2, -0.15) is 0 Å². The molecule has 1 atom stereocenters. The summed E-state index contributed by atoms with van der Waals surface area (Å²) in [5, 5.41) is 17.6. The van der Waals surface area contributed by atoms with Crippen molar-refractivity contribution in [1.82, 2.24) is 14.8 Å². The molecule has 2 heterocycles. The molecule has 0 bridgehead atoms.